The molecule has 1 saturated heterocycles. The molecule has 1 aliphatic carbocycles. The molecule has 0 bridgehead atoms. The fourth-order valence-corrected chi connectivity index (χ4v) is 3.56. The molecule has 2 aliphatic rings. The lowest BCUT2D eigenvalue weighted by atomic mass is 9.81. The molecular weight excluding hydrogens is 284 g/mol. The Morgan fingerprint density at radius 3 is 2.45 bits per heavy atom. The zero-order valence-corrected chi connectivity index (χ0v) is 13.8. The van der Waals surface area contributed by atoms with Crippen molar-refractivity contribution in [3.8, 4) is 0 Å². The summed E-state index contributed by atoms with van der Waals surface area (Å²) < 4.78 is 0. The van der Waals surface area contributed by atoms with Crippen LogP contribution in [0.2, 0.25) is 0 Å². The predicted octanol–water partition coefficient (Wildman–Crippen LogP) is 1.25. The van der Waals surface area contributed by atoms with Gasteiger partial charge in [-0.1, -0.05) is 27.2 Å². The highest BCUT2D eigenvalue weighted by molar-refractivity contribution is 5.90. The Balaban J connectivity index is 2.03. The maximum Gasteiger partial charge on any atom is 0.311 e. The van der Waals surface area contributed by atoms with Gasteiger partial charge in [0.25, 0.3) is 0 Å². The summed E-state index contributed by atoms with van der Waals surface area (Å²) in [6.45, 7) is 7.79. The van der Waals surface area contributed by atoms with E-state index in [1.54, 1.807) is 32.6 Å². The van der Waals surface area contributed by atoms with Gasteiger partial charge >= 0.3 is 5.97 Å². The first kappa shape index (κ1) is 16.8. The van der Waals surface area contributed by atoms with Crippen molar-refractivity contribution in [2.24, 2.45) is 16.7 Å². The molecule has 3 atom stereocenters. The number of likely N-dealkylation sites (tertiary alicyclic amines) is 1. The number of fused-ring (bicyclic) bond motifs is 1. The third kappa shape index (κ3) is 2.83. The van der Waals surface area contributed by atoms with Crippen molar-refractivity contribution in [1.82, 2.24) is 10.2 Å². The summed E-state index contributed by atoms with van der Waals surface area (Å²) in [4.78, 5) is 37.8. The first-order valence-electron chi connectivity index (χ1n) is 7.91. The van der Waals surface area contributed by atoms with Crippen LogP contribution in [0.1, 0.15) is 47.0 Å². The summed E-state index contributed by atoms with van der Waals surface area (Å²) in [5.41, 5.74) is -1.33. The summed E-state index contributed by atoms with van der Waals surface area (Å²) in [7, 11) is 0. The van der Waals surface area contributed by atoms with Crippen LogP contribution in [0.3, 0.4) is 0 Å². The first-order chi connectivity index (χ1) is 10.1. The normalized spacial score (nSPS) is 29.1. The van der Waals surface area contributed by atoms with Crippen LogP contribution >= 0.6 is 0 Å². The zero-order chi connectivity index (χ0) is 16.7. The fraction of sp³-hybridized carbons (Fsp3) is 0.812. The fourth-order valence-electron chi connectivity index (χ4n) is 3.56. The predicted molar refractivity (Wildman–Crippen MR) is 81.0 cm³/mol. The van der Waals surface area contributed by atoms with Gasteiger partial charge in [-0.3, -0.25) is 14.4 Å². The van der Waals surface area contributed by atoms with E-state index in [9.17, 15) is 19.5 Å². The number of nitrogens with one attached hydrogen (secondary N) is 1. The Bertz CT molecular complexity index is 497. The Morgan fingerprint density at radius 2 is 1.95 bits per heavy atom. The summed E-state index contributed by atoms with van der Waals surface area (Å²) in [6.07, 6.45) is 2.41. The molecule has 1 saturated carbocycles. The van der Waals surface area contributed by atoms with Crippen LogP contribution in [0.25, 0.3) is 0 Å². The molecule has 0 aromatic rings. The van der Waals surface area contributed by atoms with Gasteiger partial charge in [-0.25, -0.2) is 0 Å². The summed E-state index contributed by atoms with van der Waals surface area (Å²) in [6, 6.07) is -0.628. The molecule has 2 fully saturated rings. The standard InChI is InChI=1S/C16H26N2O4/c1-10(17-13(20)15(2,3)4)12(19)18-8-11-6-5-7-16(11,9-18)14(21)22/h10-11H,5-9H2,1-4H3,(H,17,20)(H,21,22)/t10?,11-,16+/m0/s1. The van der Waals surface area contributed by atoms with Gasteiger partial charge in [0, 0.05) is 18.5 Å². The van der Waals surface area contributed by atoms with E-state index in [0.717, 1.165) is 12.8 Å². The minimum atomic E-state index is -0.795. The summed E-state index contributed by atoms with van der Waals surface area (Å²) in [5.74, 6) is -1.12. The molecule has 1 aliphatic heterocycles. The molecule has 2 amide bonds. The Hall–Kier alpha value is -1.59. The lowest BCUT2D eigenvalue weighted by Gasteiger charge is -2.26. The lowest BCUT2D eigenvalue weighted by Crippen LogP contribution is -2.49. The lowest BCUT2D eigenvalue weighted by molar-refractivity contribution is -0.150. The second-order valence-electron chi connectivity index (χ2n) is 7.71. The van der Waals surface area contributed by atoms with E-state index in [0.29, 0.717) is 13.0 Å². The van der Waals surface area contributed by atoms with Gasteiger partial charge in [0.05, 0.1) is 5.41 Å². The molecule has 2 rings (SSSR count). The molecule has 1 heterocycles. The number of carbonyl (C=O) groups is 3. The smallest absolute Gasteiger partial charge is 0.311 e. The molecular formula is C16H26N2O4. The zero-order valence-electron chi connectivity index (χ0n) is 13.8. The number of carboxylic acids is 1. The third-order valence-corrected chi connectivity index (χ3v) is 5.01. The highest BCUT2D eigenvalue weighted by Gasteiger charge is 2.56. The Morgan fingerprint density at radius 1 is 1.32 bits per heavy atom. The van der Waals surface area contributed by atoms with Gasteiger partial charge in [0.1, 0.15) is 6.04 Å². The van der Waals surface area contributed by atoms with E-state index in [1.807, 2.05) is 0 Å². The van der Waals surface area contributed by atoms with Crippen LogP contribution in [0.4, 0.5) is 0 Å². The van der Waals surface area contributed by atoms with Crippen LogP contribution < -0.4 is 5.32 Å². The van der Waals surface area contributed by atoms with E-state index in [1.165, 1.54) is 0 Å². The molecule has 2 N–H and O–H groups in total. The minimum Gasteiger partial charge on any atom is -0.481 e. The van der Waals surface area contributed by atoms with Crippen LogP contribution in [-0.2, 0) is 14.4 Å². The topological polar surface area (TPSA) is 86.7 Å². The van der Waals surface area contributed by atoms with Gasteiger partial charge in [0.2, 0.25) is 11.8 Å². The SMILES string of the molecule is CC(NC(=O)C(C)(C)C)C(=O)N1C[C@@H]2CCC[C@@]2(C(=O)O)C1. The summed E-state index contributed by atoms with van der Waals surface area (Å²) >= 11 is 0. The maximum atomic E-state index is 12.5. The Kier molecular flexibility index (Phi) is 4.24. The number of hydrogen-bond acceptors (Lipinski definition) is 3. The van der Waals surface area contributed by atoms with Gasteiger partial charge < -0.3 is 15.3 Å². The van der Waals surface area contributed by atoms with Gasteiger partial charge in [-0.05, 0) is 25.7 Å². The Labute approximate surface area is 131 Å². The number of hydrogen-bond donors (Lipinski definition) is 2. The van der Waals surface area contributed by atoms with Crippen LogP contribution in [-0.4, -0.2) is 46.9 Å². The average Bonchev–Trinajstić information content (AvgIpc) is 2.93. The van der Waals surface area contributed by atoms with Crippen molar-refractivity contribution in [1.29, 1.82) is 0 Å². The number of aliphatic carboxylic acids is 1. The van der Waals surface area contributed by atoms with Crippen molar-refractivity contribution in [3.05, 3.63) is 0 Å². The van der Waals surface area contributed by atoms with Gasteiger partial charge in [-0.15, -0.1) is 0 Å². The second kappa shape index (κ2) is 5.56. The maximum absolute atomic E-state index is 12.5. The molecule has 6 nitrogen and oxygen atoms in total. The average molecular weight is 310 g/mol. The van der Waals surface area contributed by atoms with Crippen molar-refractivity contribution < 1.29 is 19.5 Å². The van der Waals surface area contributed by atoms with Gasteiger partial charge in [-0.2, -0.15) is 0 Å². The van der Waals surface area contributed by atoms with Crippen LogP contribution in [0.5, 0.6) is 0 Å². The van der Waals surface area contributed by atoms with E-state index in [2.05, 4.69) is 5.32 Å². The molecule has 124 valence electrons. The van der Waals surface area contributed by atoms with Crippen LogP contribution in [0, 0.1) is 16.7 Å². The number of carboxylic acid groups (broad SMARTS) is 1. The molecule has 0 spiro atoms. The number of rotatable bonds is 3. The number of nitrogens with zero attached hydrogens (tertiary/aromatic N) is 1. The van der Waals surface area contributed by atoms with Crippen LogP contribution in [0.15, 0.2) is 0 Å². The molecule has 0 aromatic carbocycles. The number of amides is 2. The number of carbonyl (C=O) groups excluding carboxylic acids is 2. The minimum absolute atomic E-state index is 0.0412. The summed E-state index contributed by atoms with van der Waals surface area (Å²) in [5, 5.41) is 12.3. The quantitative estimate of drug-likeness (QED) is 0.821. The highest BCUT2D eigenvalue weighted by Crippen LogP contribution is 2.48. The highest BCUT2D eigenvalue weighted by atomic mass is 16.4. The third-order valence-electron chi connectivity index (χ3n) is 5.01. The van der Waals surface area contributed by atoms with E-state index >= 15 is 0 Å². The van der Waals surface area contributed by atoms with E-state index in [-0.39, 0.29) is 24.3 Å². The first-order valence-corrected chi connectivity index (χ1v) is 7.91. The van der Waals surface area contributed by atoms with E-state index in [4.69, 9.17) is 0 Å². The largest absolute Gasteiger partial charge is 0.481 e. The second-order valence-corrected chi connectivity index (χ2v) is 7.71. The molecule has 6 heteroatoms. The van der Waals surface area contributed by atoms with Crippen molar-refractivity contribution in [3.63, 3.8) is 0 Å². The molecule has 1 unspecified atom stereocenters. The molecule has 0 aromatic heterocycles. The van der Waals surface area contributed by atoms with Crippen molar-refractivity contribution in [2.75, 3.05) is 13.1 Å². The van der Waals surface area contributed by atoms with Crippen molar-refractivity contribution >= 4 is 17.8 Å². The van der Waals surface area contributed by atoms with Crippen molar-refractivity contribution in [2.45, 2.75) is 53.0 Å². The van der Waals surface area contributed by atoms with Gasteiger partial charge in [0.15, 0.2) is 0 Å². The monoisotopic (exact) mass is 310 g/mol. The molecule has 22 heavy (non-hydrogen) atoms. The van der Waals surface area contributed by atoms with E-state index < -0.39 is 22.8 Å². The molecule has 0 radical (unpaired) electrons.